The molecule has 2 aromatic rings. The highest BCUT2D eigenvalue weighted by atomic mass is 16.5. The molecule has 0 aliphatic rings. The number of carbonyl (C=O) groups excluding carboxylic acids is 2. The molecule has 0 saturated carbocycles. The van der Waals surface area contributed by atoms with E-state index in [0.29, 0.717) is 27.8 Å². The quantitative estimate of drug-likeness (QED) is 0.528. The maximum Gasteiger partial charge on any atom is 0.359 e. The average Bonchev–Trinajstić information content (AvgIpc) is 2.67. The van der Waals surface area contributed by atoms with E-state index in [-0.39, 0.29) is 12.3 Å². The van der Waals surface area contributed by atoms with Crippen LogP contribution < -0.4 is 0 Å². The van der Waals surface area contributed by atoms with Gasteiger partial charge in [-0.3, -0.25) is 4.79 Å². The fraction of sp³-hybridized carbons (Fsp3) is 0.200. The smallest absolute Gasteiger partial charge is 0.359 e. The molecule has 0 spiro atoms. The van der Waals surface area contributed by atoms with Crippen molar-refractivity contribution in [3.05, 3.63) is 58.4 Å². The first-order valence-electron chi connectivity index (χ1n) is 6.13. The minimum absolute atomic E-state index is 0.0134. The molecule has 0 unspecified atom stereocenters. The van der Waals surface area contributed by atoms with Crippen molar-refractivity contribution in [1.82, 2.24) is 4.73 Å². The minimum Gasteiger partial charge on any atom is -0.456 e. The van der Waals surface area contributed by atoms with Crippen molar-refractivity contribution in [2.45, 2.75) is 20.5 Å². The Morgan fingerprint density at radius 3 is 2.50 bits per heavy atom. The molecule has 0 fully saturated rings. The van der Waals surface area contributed by atoms with Gasteiger partial charge in [0.1, 0.15) is 6.61 Å². The van der Waals surface area contributed by atoms with E-state index in [1.54, 1.807) is 13.8 Å². The number of ether oxygens (including phenoxy) is 1. The van der Waals surface area contributed by atoms with Crippen LogP contribution in [0, 0.1) is 13.8 Å². The van der Waals surface area contributed by atoms with Gasteiger partial charge in [-0.25, -0.2) is 4.79 Å². The molecular formula is C15H15NO4. The van der Waals surface area contributed by atoms with Crippen molar-refractivity contribution in [3.63, 3.8) is 0 Å². The monoisotopic (exact) mass is 273 g/mol. The van der Waals surface area contributed by atoms with Crippen molar-refractivity contribution in [2.75, 3.05) is 0 Å². The zero-order valence-corrected chi connectivity index (χ0v) is 11.3. The summed E-state index contributed by atoms with van der Waals surface area (Å²) in [6.07, 6.45) is 0.616. The third-order valence-corrected chi connectivity index (χ3v) is 3.20. The average molecular weight is 273 g/mol. The highest BCUT2D eigenvalue weighted by molar-refractivity contribution is 5.94. The summed E-state index contributed by atoms with van der Waals surface area (Å²) in [4.78, 5) is 23.0. The topological polar surface area (TPSA) is 68.5 Å². The number of hydrogen-bond acceptors (Lipinski definition) is 4. The zero-order chi connectivity index (χ0) is 14.7. The Bertz CT molecular complexity index is 644. The van der Waals surface area contributed by atoms with Gasteiger partial charge >= 0.3 is 5.97 Å². The highest BCUT2D eigenvalue weighted by Crippen LogP contribution is 2.20. The summed E-state index contributed by atoms with van der Waals surface area (Å²) in [6, 6.07) is 9.23. The van der Waals surface area contributed by atoms with Gasteiger partial charge in [0, 0.05) is 5.56 Å². The SMILES string of the molecule is Cc1c(C=O)c(C)n(O)c1C(=O)OCc1ccccc1. The molecule has 0 bridgehead atoms. The minimum atomic E-state index is -0.662. The normalized spacial score (nSPS) is 10.3. The van der Waals surface area contributed by atoms with E-state index < -0.39 is 5.97 Å². The van der Waals surface area contributed by atoms with E-state index in [1.165, 1.54) is 0 Å². The van der Waals surface area contributed by atoms with Gasteiger partial charge in [0.25, 0.3) is 0 Å². The second-order valence-corrected chi connectivity index (χ2v) is 4.46. The molecule has 5 nitrogen and oxygen atoms in total. The van der Waals surface area contributed by atoms with Crippen LogP contribution in [-0.2, 0) is 11.3 Å². The number of aldehydes is 1. The fourth-order valence-corrected chi connectivity index (χ4v) is 2.04. The lowest BCUT2D eigenvalue weighted by Gasteiger charge is -2.06. The van der Waals surface area contributed by atoms with Gasteiger partial charge in [0.2, 0.25) is 0 Å². The highest BCUT2D eigenvalue weighted by Gasteiger charge is 2.23. The van der Waals surface area contributed by atoms with Crippen LogP contribution in [0.5, 0.6) is 0 Å². The summed E-state index contributed by atoms with van der Waals surface area (Å²) in [6.45, 7) is 3.27. The molecule has 1 aromatic heterocycles. The van der Waals surface area contributed by atoms with Gasteiger partial charge in [-0.15, -0.1) is 0 Å². The molecule has 1 N–H and O–H groups in total. The number of rotatable bonds is 4. The molecule has 1 heterocycles. The number of aromatic nitrogens is 1. The van der Waals surface area contributed by atoms with E-state index in [0.717, 1.165) is 5.56 Å². The molecule has 0 aliphatic heterocycles. The molecule has 104 valence electrons. The fourth-order valence-electron chi connectivity index (χ4n) is 2.04. The first-order valence-corrected chi connectivity index (χ1v) is 6.13. The number of hydrogen-bond donors (Lipinski definition) is 1. The number of carbonyl (C=O) groups is 2. The van der Waals surface area contributed by atoms with Crippen LogP contribution in [-0.4, -0.2) is 22.2 Å². The molecule has 0 saturated heterocycles. The maximum atomic E-state index is 12.0. The van der Waals surface area contributed by atoms with Gasteiger partial charge in [-0.05, 0) is 25.0 Å². The van der Waals surface area contributed by atoms with Crippen molar-refractivity contribution in [2.24, 2.45) is 0 Å². The second kappa shape index (κ2) is 5.61. The predicted molar refractivity (Wildman–Crippen MR) is 72.0 cm³/mol. The standard InChI is InChI=1S/C15H15NO4/c1-10-13(8-17)11(2)16(19)14(10)15(18)20-9-12-6-4-3-5-7-12/h3-8,19H,9H2,1-2H3. The van der Waals surface area contributed by atoms with E-state index >= 15 is 0 Å². The van der Waals surface area contributed by atoms with Gasteiger partial charge in [0.05, 0.1) is 5.69 Å². The van der Waals surface area contributed by atoms with Crippen LogP contribution in [0.2, 0.25) is 0 Å². The Hall–Kier alpha value is -2.56. The van der Waals surface area contributed by atoms with Gasteiger partial charge < -0.3 is 9.94 Å². The largest absolute Gasteiger partial charge is 0.456 e. The van der Waals surface area contributed by atoms with Crippen molar-refractivity contribution < 1.29 is 19.5 Å². The zero-order valence-electron chi connectivity index (χ0n) is 11.3. The van der Waals surface area contributed by atoms with E-state index in [2.05, 4.69) is 0 Å². The summed E-state index contributed by atoms with van der Waals surface area (Å²) >= 11 is 0. The lowest BCUT2D eigenvalue weighted by molar-refractivity contribution is 0.0419. The first kappa shape index (κ1) is 13.9. The second-order valence-electron chi connectivity index (χ2n) is 4.46. The summed E-state index contributed by atoms with van der Waals surface area (Å²) in [5, 5.41) is 9.85. The van der Waals surface area contributed by atoms with Gasteiger partial charge in [0.15, 0.2) is 12.0 Å². The lowest BCUT2D eigenvalue weighted by Crippen LogP contribution is -2.12. The Kier molecular flexibility index (Phi) is 3.89. The summed E-state index contributed by atoms with van der Waals surface area (Å²) in [5.74, 6) is -0.662. The number of nitrogens with zero attached hydrogens (tertiary/aromatic N) is 1. The van der Waals surface area contributed by atoms with E-state index in [4.69, 9.17) is 4.74 Å². The van der Waals surface area contributed by atoms with Crippen LogP contribution in [0.25, 0.3) is 0 Å². The Morgan fingerprint density at radius 1 is 1.30 bits per heavy atom. The molecule has 0 radical (unpaired) electrons. The number of esters is 1. The molecule has 5 heteroatoms. The Labute approximate surface area is 116 Å². The molecule has 0 amide bonds. The molecular weight excluding hydrogens is 258 g/mol. The molecule has 0 atom stereocenters. The molecule has 2 rings (SSSR count). The Balaban J connectivity index is 2.20. The molecule has 20 heavy (non-hydrogen) atoms. The van der Waals surface area contributed by atoms with Crippen LogP contribution in [0.3, 0.4) is 0 Å². The third-order valence-electron chi connectivity index (χ3n) is 3.20. The maximum absolute atomic E-state index is 12.0. The van der Waals surface area contributed by atoms with E-state index in [9.17, 15) is 14.8 Å². The van der Waals surface area contributed by atoms with E-state index in [1.807, 2.05) is 30.3 Å². The van der Waals surface area contributed by atoms with Crippen molar-refractivity contribution >= 4 is 12.3 Å². The first-order chi connectivity index (χ1) is 9.56. The lowest BCUT2D eigenvalue weighted by atomic mass is 10.1. The summed E-state index contributed by atoms with van der Waals surface area (Å²) in [7, 11) is 0. The van der Waals surface area contributed by atoms with Crippen LogP contribution in [0.4, 0.5) is 0 Å². The summed E-state index contributed by atoms with van der Waals surface area (Å²) in [5.41, 5.74) is 1.88. The third kappa shape index (κ3) is 2.42. The van der Waals surface area contributed by atoms with Crippen molar-refractivity contribution in [1.29, 1.82) is 0 Å². The predicted octanol–water partition coefficient (Wildman–Crippen LogP) is 2.51. The Morgan fingerprint density at radius 2 is 1.95 bits per heavy atom. The van der Waals surface area contributed by atoms with Gasteiger partial charge in [-0.1, -0.05) is 30.3 Å². The molecule has 0 aliphatic carbocycles. The van der Waals surface area contributed by atoms with Crippen molar-refractivity contribution in [3.8, 4) is 0 Å². The summed E-state index contributed by atoms with van der Waals surface area (Å²) < 4.78 is 5.85. The van der Waals surface area contributed by atoms with Crippen LogP contribution in [0.15, 0.2) is 30.3 Å². The van der Waals surface area contributed by atoms with Gasteiger partial charge in [-0.2, -0.15) is 4.73 Å². The van der Waals surface area contributed by atoms with Crippen LogP contribution >= 0.6 is 0 Å². The van der Waals surface area contributed by atoms with Crippen LogP contribution in [0.1, 0.15) is 37.7 Å². The molecule has 1 aromatic carbocycles. The number of benzene rings is 1.